The maximum Gasteiger partial charge on any atom is 0.454 e. The standard InChI is InChI=1S/C8H6F3NO.ClH/c9-8(10,11)7(13)5-2-1-3-6(12)4-5;/h1-4H,12H2;1H. The van der Waals surface area contributed by atoms with E-state index in [-0.39, 0.29) is 18.1 Å². The highest BCUT2D eigenvalue weighted by Crippen LogP contribution is 2.22. The lowest BCUT2D eigenvalue weighted by molar-refractivity contribution is -0.0885. The van der Waals surface area contributed by atoms with Crippen LogP contribution in [0.3, 0.4) is 0 Å². The van der Waals surface area contributed by atoms with Gasteiger partial charge in [-0.2, -0.15) is 13.2 Å². The number of nitrogen functional groups attached to an aromatic ring is 1. The van der Waals surface area contributed by atoms with Gasteiger partial charge in [-0.05, 0) is 12.1 Å². The lowest BCUT2D eigenvalue weighted by Crippen LogP contribution is -2.22. The van der Waals surface area contributed by atoms with E-state index in [1.807, 2.05) is 0 Å². The van der Waals surface area contributed by atoms with Gasteiger partial charge in [0.05, 0.1) is 0 Å². The number of hydrogen-bond acceptors (Lipinski definition) is 2. The minimum atomic E-state index is -4.84. The van der Waals surface area contributed by atoms with Crippen LogP contribution >= 0.6 is 12.4 Å². The topological polar surface area (TPSA) is 43.1 Å². The fraction of sp³-hybridized carbons (Fsp3) is 0.125. The van der Waals surface area contributed by atoms with E-state index in [1.165, 1.54) is 12.1 Å². The van der Waals surface area contributed by atoms with Crippen LogP contribution in [-0.4, -0.2) is 12.0 Å². The maximum atomic E-state index is 11.9. The molecule has 0 spiro atoms. The highest BCUT2D eigenvalue weighted by atomic mass is 35.5. The molecular formula is C8H7ClF3NO. The lowest BCUT2D eigenvalue weighted by atomic mass is 10.1. The van der Waals surface area contributed by atoms with E-state index in [9.17, 15) is 18.0 Å². The molecule has 2 nitrogen and oxygen atoms in total. The third kappa shape index (κ3) is 2.92. The Morgan fingerprint density at radius 3 is 2.29 bits per heavy atom. The second kappa shape index (κ2) is 4.32. The molecule has 0 bridgehead atoms. The predicted molar refractivity (Wildman–Crippen MR) is 48.5 cm³/mol. The number of Topliss-reactive ketones (excluding diaryl/α,β-unsaturated/α-hetero) is 1. The van der Waals surface area contributed by atoms with E-state index in [0.29, 0.717) is 0 Å². The van der Waals surface area contributed by atoms with E-state index in [1.54, 1.807) is 0 Å². The van der Waals surface area contributed by atoms with E-state index in [2.05, 4.69) is 0 Å². The molecule has 0 aromatic heterocycles. The maximum absolute atomic E-state index is 11.9. The molecule has 0 amide bonds. The molecule has 1 aromatic carbocycles. The fourth-order valence-corrected chi connectivity index (χ4v) is 0.844. The van der Waals surface area contributed by atoms with Crippen LogP contribution in [0.15, 0.2) is 24.3 Å². The zero-order chi connectivity index (χ0) is 10.1. The Morgan fingerprint density at radius 2 is 1.86 bits per heavy atom. The fourth-order valence-electron chi connectivity index (χ4n) is 0.844. The van der Waals surface area contributed by atoms with Crippen LogP contribution in [0.2, 0.25) is 0 Å². The first-order chi connectivity index (χ1) is 5.91. The number of carbonyl (C=O) groups is 1. The Kier molecular flexibility index (Phi) is 3.94. The summed E-state index contributed by atoms with van der Waals surface area (Å²) in [6.07, 6.45) is -4.84. The third-order valence-electron chi connectivity index (χ3n) is 1.41. The molecule has 0 radical (unpaired) electrons. The van der Waals surface area contributed by atoms with Gasteiger partial charge in [-0.3, -0.25) is 4.79 Å². The molecular weight excluding hydrogens is 219 g/mol. The molecule has 0 heterocycles. The van der Waals surface area contributed by atoms with Gasteiger partial charge in [0.15, 0.2) is 0 Å². The van der Waals surface area contributed by atoms with Crippen molar-refractivity contribution >= 4 is 23.9 Å². The number of nitrogens with two attached hydrogens (primary N) is 1. The van der Waals surface area contributed by atoms with E-state index in [4.69, 9.17) is 5.73 Å². The Hall–Kier alpha value is -1.23. The largest absolute Gasteiger partial charge is 0.454 e. The van der Waals surface area contributed by atoms with Crippen molar-refractivity contribution in [3.8, 4) is 0 Å². The van der Waals surface area contributed by atoms with Crippen molar-refractivity contribution in [1.82, 2.24) is 0 Å². The molecule has 1 aromatic rings. The van der Waals surface area contributed by atoms with Gasteiger partial charge < -0.3 is 5.73 Å². The van der Waals surface area contributed by atoms with Gasteiger partial charge in [0, 0.05) is 11.3 Å². The highest BCUT2D eigenvalue weighted by Gasteiger charge is 2.39. The molecule has 0 atom stereocenters. The zero-order valence-corrected chi connectivity index (χ0v) is 7.65. The van der Waals surface area contributed by atoms with Gasteiger partial charge in [-0.1, -0.05) is 12.1 Å². The zero-order valence-electron chi connectivity index (χ0n) is 6.84. The molecule has 0 saturated heterocycles. The van der Waals surface area contributed by atoms with Gasteiger partial charge in [0.25, 0.3) is 5.78 Å². The molecule has 0 fully saturated rings. The quantitative estimate of drug-likeness (QED) is 0.589. The van der Waals surface area contributed by atoms with Crippen molar-refractivity contribution in [2.75, 3.05) is 5.73 Å². The first-order valence-corrected chi connectivity index (χ1v) is 3.38. The van der Waals surface area contributed by atoms with Crippen molar-refractivity contribution in [3.63, 3.8) is 0 Å². The number of ketones is 1. The van der Waals surface area contributed by atoms with Gasteiger partial charge in [0.1, 0.15) is 0 Å². The van der Waals surface area contributed by atoms with Crippen molar-refractivity contribution in [2.45, 2.75) is 6.18 Å². The van der Waals surface area contributed by atoms with Gasteiger partial charge in [0.2, 0.25) is 0 Å². The second-order valence-electron chi connectivity index (χ2n) is 2.45. The van der Waals surface area contributed by atoms with Crippen LogP contribution in [0.5, 0.6) is 0 Å². The molecule has 1 rings (SSSR count). The molecule has 78 valence electrons. The summed E-state index contributed by atoms with van der Waals surface area (Å²) >= 11 is 0. The molecule has 0 aliphatic rings. The second-order valence-corrected chi connectivity index (χ2v) is 2.45. The highest BCUT2D eigenvalue weighted by molar-refractivity contribution is 6.00. The Labute approximate surface area is 84.3 Å². The van der Waals surface area contributed by atoms with Crippen molar-refractivity contribution in [2.24, 2.45) is 0 Å². The number of carbonyl (C=O) groups excluding carboxylic acids is 1. The number of benzene rings is 1. The van der Waals surface area contributed by atoms with Crippen LogP contribution < -0.4 is 5.73 Å². The number of alkyl halides is 3. The average Bonchev–Trinajstić information content (AvgIpc) is 2.01. The molecule has 14 heavy (non-hydrogen) atoms. The number of hydrogen-bond donors (Lipinski definition) is 1. The summed E-state index contributed by atoms with van der Waals surface area (Å²) in [5.41, 5.74) is 4.92. The number of anilines is 1. The van der Waals surface area contributed by atoms with Gasteiger partial charge in [-0.15, -0.1) is 12.4 Å². The summed E-state index contributed by atoms with van der Waals surface area (Å²) in [5.74, 6) is -1.88. The Bertz CT molecular complexity index is 338. The minimum Gasteiger partial charge on any atom is -0.399 e. The molecule has 0 aliphatic carbocycles. The van der Waals surface area contributed by atoms with Crippen LogP contribution in [0.4, 0.5) is 18.9 Å². The number of halogens is 4. The van der Waals surface area contributed by atoms with Crippen molar-refractivity contribution in [1.29, 1.82) is 0 Å². The third-order valence-corrected chi connectivity index (χ3v) is 1.41. The monoisotopic (exact) mass is 225 g/mol. The molecule has 0 saturated carbocycles. The predicted octanol–water partition coefficient (Wildman–Crippen LogP) is 2.44. The molecule has 0 aliphatic heterocycles. The van der Waals surface area contributed by atoms with Crippen molar-refractivity contribution in [3.05, 3.63) is 29.8 Å². The van der Waals surface area contributed by atoms with E-state index in [0.717, 1.165) is 12.1 Å². The van der Waals surface area contributed by atoms with E-state index >= 15 is 0 Å². The van der Waals surface area contributed by atoms with Crippen LogP contribution in [0.1, 0.15) is 10.4 Å². The average molecular weight is 226 g/mol. The Balaban J connectivity index is 0.00000169. The van der Waals surface area contributed by atoms with E-state index < -0.39 is 17.5 Å². The summed E-state index contributed by atoms with van der Waals surface area (Å²) in [6, 6.07) is 4.78. The van der Waals surface area contributed by atoms with Crippen LogP contribution in [0.25, 0.3) is 0 Å². The molecule has 0 unspecified atom stereocenters. The molecule has 2 N–H and O–H groups in total. The lowest BCUT2D eigenvalue weighted by Gasteiger charge is -2.04. The Morgan fingerprint density at radius 1 is 1.29 bits per heavy atom. The summed E-state index contributed by atoms with van der Waals surface area (Å²) in [7, 11) is 0. The summed E-state index contributed by atoms with van der Waals surface area (Å²) < 4.78 is 35.6. The minimum absolute atomic E-state index is 0. The summed E-state index contributed by atoms with van der Waals surface area (Å²) in [6.45, 7) is 0. The van der Waals surface area contributed by atoms with Crippen molar-refractivity contribution < 1.29 is 18.0 Å². The first-order valence-electron chi connectivity index (χ1n) is 3.38. The molecule has 6 heteroatoms. The smallest absolute Gasteiger partial charge is 0.399 e. The first kappa shape index (κ1) is 12.8. The van der Waals surface area contributed by atoms with Gasteiger partial charge in [-0.25, -0.2) is 0 Å². The normalized spacial score (nSPS) is 10.5. The summed E-state index contributed by atoms with van der Waals surface area (Å²) in [5, 5.41) is 0. The SMILES string of the molecule is Cl.Nc1cccc(C(=O)C(F)(F)F)c1. The number of rotatable bonds is 1. The van der Waals surface area contributed by atoms with Gasteiger partial charge >= 0.3 is 6.18 Å². The van der Waals surface area contributed by atoms with Crippen LogP contribution in [0, 0.1) is 0 Å². The summed E-state index contributed by atoms with van der Waals surface area (Å²) in [4.78, 5) is 10.6. The van der Waals surface area contributed by atoms with Crippen LogP contribution in [-0.2, 0) is 0 Å².